The smallest absolute Gasteiger partial charge is 0.210 e. The summed E-state index contributed by atoms with van der Waals surface area (Å²) in [6, 6.07) is 4.17. The van der Waals surface area contributed by atoms with Crippen LogP contribution in [0, 0.1) is 0 Å². The number of amides is 1. The second kappa shape index (κ2) is 4.75. The molecule has 0 aliphatic carbocycles. The van der Waals surface area contributed by atoms with E-state index in [1.807, 2.05) is 23.2 Å². The standard InChI is InChI=1S/C11H13BrN2O/c12-11-5-4-9(7-13-11)10-3-1-2-6-14(10)8-15/h4-5,7-8,10H,1-3,6H2/t10-/m1/s1. The molecule has 15 heavy (non-hydrogen) atoms. The van der Waals surface area contributed by atoms with Crippen LogP contribution in [0.2, 0.25) is 0 Å². The first-order valence-electron chi connectivity index (χ1n) is 5.14. The molecule has 0 N–H and O–H groups in total. The molecule has 1 amide bonds. The lowest BCUT2D eigenvalue weighted by atomic mass is 9.97. The van der Waals surface area contributed by atoms with E-state index in [-0.39, 0.29) is 6.04 Å². The molecule has 1 fully saturated rings. The number of likely N-dealkylation sites (tertiary alicyclic amines) is 1. The van der Waals surface area contributed by atoms with Crippen molar-refractivity contribution in [3.8, 4) is 0 Å². The highest BCUT2D eigenvalue weighted by Gasteiger charge is 2.22. The molecule has 2 heterocycles. The highest BCUT2D eigenvalue weighted by molar-refractivity contribution is 9.10. The van der Waals surface area contributed by atoms with Crippen molar-refractivity contribution in [1.29, 1.82) is 0 Å². The molecule has 1 aliphatic rings. The summed E-state index contributed by atoms with van der Waals surface area (Å²) in [4.78, 5) is 17.0. The van der Waals surface area contributed by atoms with Crippen LogP contribution in [0.15, 0.2) is 22.9 Å². The van der Waals surface area contributed by atoms with Gasteiger partial charge in [0.05, 0.1) is 6.04 Å². The molecule has 1 aromatic heterocycles. The molecule has 0 saturated carbocycles. The molecule has 1 aliphatic heterocycles. The topological polar surface area (TPSA) is 33.2 Å². The summed E-state index contributed by atoms with van der Waals surface area (Å²) in [6.45, 7) is 0.865. The number of carbonyl (C=O) groups is 1. The van der Waals surface area contributed by atoms with Crippen LogP contribution in [-0.2, 0) is 4.79 Å². The van der Waals surface area contributed by atoms with Crippen LogP contribution >= 0.6 is 15.9 Å². The van der Waals surface area contributed by atoms with Crippen molar-refractivity contribution in [3.05, 3.63) is 28.5 Å². The number of pyridine rings is 1. The number of hydrogen-bond acceptors (Lipinski definition) is 2. The Balaban J connectivity index is 2.20. The van der Waals surface area contributed by atoms with Crippen LogP contribution in [0.1, 0.15) is 30.9 Å². The summed E-state index contributed by atoms with van der Waals surface area (Å²) in [5.74, 6) is 0. The first-order valence-corrected chi connectivity index (χ1v) is 5.93. The molecule has 0 spiro atoms. The van der Waals surface area contributed by atoms with E-state index >= 15 is 0 Å². The van der Waals surface area contributed by atoms with Crippen molar-refractivity contribution in [1.82, 2.24) is 9.88 Å². The lowest BCUT2D eigenvalue weighted by molar-refractivity contribution is -0.121. The van der Waals surface area contributed by atoms with E-state index in [4.69, 9.17) is 0 Å². The van der Waals surface area contributed by atoms with Crippen LogP contribution in [0.4, 0.5) is 0 Å². The minimum atomic E-state index is 0.219. The molecule has 1 saturated heterocycles. The van der Waals surface area contributed by atoms with Crippen molar-refractivity contribution < 1.29 is 4.79 Å². The zero-order valence-electron chi connectivity index (χ0n) is 8.40. The highest BCUT2D eigenvalue weighted by atomic mass is 79.9. The van der Waals surface area contributed by atoms with Gasteiger partial charge in [-0.3, -0.25) is 4.79 Å². The molecule has 1 atom stereocenters. The summed E-state index contributed by atoms with van der Waals surface area (Å²) >= 11 is 3.31. The lowest BCUT2D eigenvalue weighted by Gasteiger charge is -2.32. The Hall–Kier alpha value is -0.900. The minimum Gasteiger partial charge on any atom is -0.338 e. The third kappa shape index (κ3) is 2.37. The van der Waals surface area contributed by atoms with Crippen LogP contribution < -0.4 is 0 Å². The second-order valence-electron chi connectivity index (χ2n) is 3.77. The Morgan fingerprint density at radius 1 is 1.47 bits per heavy atom. The van der Waals surface area contributed by atoms with Crippen molar-refractivity contribution in [2.24, 2.45) is 0 Å². The average Bonchev–Trinajstić information content (AvgIpc) is 2.30. The maximum absolute atomic E-state index is 10.9. The zero-order valence-corrected chi connectivity index (χ0v) is 9.98. The molecule has 1 aromatic rings. The van der Waals surface area contributed by atoms with E-state index in [1.165, 1.54) is 6.42 Å². The van der Waals surface area contributed by atoms with Gasteiger partial charge in [-0.25, -0.2) is 4.98 Å². The molecule has 80 valence electrons. The Bertz CT molecular complexity index is 339. The minimum absolute atomic E-state index is 0.219. The molecule has 0 aromatic carbocycles. The zero-order chi connectivity index (χ0) is 10.7. The first-order chi connectivity index (χ1) is 7.31. The van der Waals surface area contributed by atoms with Gasteiger partial charge in [0.2, 0.25) is 6.41 Å². The number of halogens is 1. The van der Waals surface area contributed by atoms with Gasteiger partial charge in [-0.15, -0.1) is 0 Å². The summed E-state index contributed by atoms with van der Waals surface area (Å²) < 4.78 is 0.833. The van der Waals surface area contributed by atoms with Gasteiger partial charge in [-0.05, 0) is 46.8 Å². The normalized spacial score (nSPS) is 21.4. The number of nitrogens with zero attached hydrogens (tertiary/aromatic N) is 2. The van der Waals surface area contributed by atoms with Crippen LogP contribution in [-0.4, -0.2) is 22.8 Å². The molecule has 4 heteroatoms. The lowest BCUT2D eigenvalue weighted by Crippen LogP contribution is -2.32. The summed E-state index contributed by atoms with van der Waals surface area (Å²) in [7, 11) is 0. The Kier molecular flexibility index (Phi) is 3.36. The second-order valence-corrected chi connectivity index (χ2v) is 4.58. The van der Waals surface area contributed by atoms with Crippen LogP contribution in [0.5, 0.6) is 0 Å². The monoisotopic (exact) mass is 268 g/mol. The van der Waals surface area contributed by atoms with Gasteiger partial charge < -0.3 is 4.90 Å². The van der Waals surface area contributed by atoms with Gasteiger partial charge in [-0.2, -0.15) is 0 Å². The number of rotatable bonds is 2. The Labute approximate surface area is 97.6 Å². The maximum Gasteiger partial charge on any atom is 0.210 e. The Morgan fingerprint density at radius 3 is 3.00 bits per heavy atom. The highest BCUT2D eigenvalue weighted by Crippen LogP contribution is 2.29. The van der Waals surface area contributed by atoms with Crippen molar-refractivity contribution >= 4 is 22.3 Å². The maximum atomic E-state index is 10.9. The van der Waals surface area contributed by atoms with E-state index in [0.717, 1.165) is 36.0 Å². The van der Waals surface area contributed by atoms with E-state index in [9.17, 15) is 4.79 Å². The number of hydrogen-bond donors (Lipinski definition) is 0. The Morgan fingerprint density at radius 2 is 2.33 bits per heavy atom. The van der Waals surface area contributed by atoms with Crippen molar-refractivity contribution in [2.75, 3.05) is 6.54 Å². The van der Waals surface area contributed by atoms with Crippen molar-refractivity contribution in [2.45, 2.75) is 25.3 Å². The fraction of sp³-hybridized carbons (Fsp3) is 0.455. The molecule has 0 unspecified atom stereocenters. The SMILES string of the molecule is O=CN1CCCC[C@@H]1c1ccc(Br)nc1. The van der Waals surface area contributed by atoms with Crippen LogP contribution in [0.25, 0.3) is 0 Å². The van der Waals surface area contributed by atoms with E-state index in [0.29, 0.717) is 0 Å². The summed E-state index contributed by atoms with van der Waals surface area (Å²) in [6.07, 6.45) is 6.13. The van der Waals surface area contributed by atoms with Gasteiger partial charge in [0, 0.05) is 12.7 Å². The predicted molar refractivity (Wildman–Crippen MR) is 61.3 cm³/mol. The fourth-order valence-electron chi connectivity index (χ4n) is 2.02. The first kappa shape index (κ1) is 10.6. The molecular weight excluding hydrogens is 256 g/mol. The van der Waals surface area contributed by atoms with Crippen molar-refractivity contribution in [3.63, 3.8) is 0 Å². The number of piperidine rings is 1. The van der Waals surface area contributed by atoms with Gasteiger partial charge in [-0.1, -0.05) is 6.07 Å². The third-order valence-corrected chi connectivity index (χ3v) is 3.28. The summed E-state index contributed by atoms with van der Waals surface area (Å²) in [5.41, 5.74) is 1.13. The largest absolute Gasteiger partial charge is 0.338 e. The quantitative estimate of drug-likeness (QED) is 0.610. The van der Waals surface area contributed by atoms with Gasteiger partial charge in [0.25, 0.3) is 0 Å². The molecule has 0 radical (unpaired) electrons. The van der Waals surface area contributed by atoms with Crippen LogP contribution in [0.3, 0.4) is 0 Å². The van der Waals surface area contributed by atoms with Gasteiger partial charge in [0.15, 0.2) is 0 Å². The molecular formula is C11H13BrN2O. The van der Waals surface area contributed by atoms with E-state index in [2.05, 4.69) is 20.9 Å². The van der Waals surface area contributed by atoms with E-state index in [1.54, 1.807) is 0 Å². The number of carbonyl (C=O) groups excluding carboxylic acids is 1. The molecule has 0 bridgehead atoms. The average molecular weight is 269 g/mol. The predicted octanol–water partition coefficient (Wildman–Crippen LogP) is 2.53. The number of aromatic nitrogens is 1. The third-order valence-electron chi connectivity index (χ3n) is 2.81. The summed E-state index contributed by atoms with van der Waals surface area (Å²) in [5, 5.41) is 0. The van der Waals surface area contributed by atoms with Gasteiger partial charge in [0.1, 0.15) is 4.60 Å². The fourth-order valence-corrected chi connectivity index (χ4v) is 2.26. The van der Waals surface area contributed by atoms with E-state index < -0.39 is 0 Å². The van der Waals surface area contributed by atoms with Gasteiger partial charge >= 0.3 is 0 Å². The molecule has 2 rings (SSSR count). The molecule has 3 nitrogen and oxygen atoms in total.